The molecule has 0 saturated carbocycles. The predicted molar refractivity (Wildman–Crippen MR) is 89.7 cm³/mol. The third-order valence-corrected chi connectivity index (χ3v) is 3.52. The number of halogens is 4. The lowest BCUT2D eigenvalue weighted by Crippen LogP contribution is -2.26. The van der Waals surface area contributed by atoms with Gasteiger partial charge in [-0.25, -0.2) is 4.79 Å². The Morgan fingerprint density at radius 1 is 1.15 bits per heavy atom. The SMILES string of the molecule is CCOC(=O)C(C)Oc1cccc(Oc2ccc(C(F)(F)F)cc2Cl)c1. The van der Waals surface area contributed by atoms with Crippen LogP contribution in [0.5, 0.6) is 17.2 Å². The molecule has 26 heavy (non-hydrogen) atoms. The van der Waals surface area contributed by atoms with Crippen LogP contribution in [0.1, 0.15) is 19.4 Å². The first-order valence-corrected chi connectivity index (χ1v) is 8.06. The summed E-state index contributed by atoms with van der Waals surface area (Å²) < 4.78 is 53.8. The minimum atomic E-state index is -4.49. The van der Waals surface area contributed by atoms with Crippen LogP contribution in [0.2, 0.25) is 5.02 Å². The Hall–Kier alpha value is -2.41. The Kier molecular flexibility index (Phi) is 6.37. The van der Waals surface area contributed by atoms with E-state index >= 15 is 0 Å². The zero-order valence-electron chi connectivity index (χ0n) is 14.0. The van der Waals surface area contributed by atoms with Crippen LogP contribution in [0.15, 0.2) is 42.5 Å². The number of hydrogen-bond donors (Lipinski definition) is 0. The topological polar surface area (TPSA) is 44.8 Å². The van der Waals surface area contributed by atoms with E-state index < -0.39 is 23.8 Å². The number of hydrogen-bond acceptors (Lipinski definition) is 4. The summed E-state index contributed by atoms with van der Waals surface area (Å²) >= 11 is 5.87. The summed E-state index contributed by atoms with van der Waals surface area (Å²) in [6.45, 7) is 3.47. The van der Waals surface area contributed by atoms with E-state index in [-0.39, 0.29) is 17.4 Å². The highest BCUT2D eigenvalue weighted by atomic mass is 35.5. The zero-order chi connectivity index (χ0) is 19.3. The number of ether oxygens (including phenoxy) is 3. The summed E-state index contributed by atoms with van der Waals surface area (Å²) in [4.78, 5) is 11.6. The quantitative estimate of drug-likeness (QED) is 0.614. The van der Waals surface area contributed by atoms with E-state index in [1.54, 1.807) is 25.1 Å². The molecule has 0 saturated heterocycles. The Balaban J connectivity index is 2.12. The molecule has 0 aliphatic carbocycles. The number of carbonyl (C=O) groups excluding carboxylic acids is 1. The van der Waals surface area contributed by atoms with E-state index in [9.17, 15) is 18.0 Å². The maximum Gasteiger partial charge on any atom is 0.416 e. The van der Waals surface area contributed by atoms with E-state index in [0.29, 0.717) is 11.5 Å². The molecule has 140 valence electrons. The lowest BCUT2D eigenvalue weighted by atomic mass is 10.2. The molecule has 4 nitrogen and oxygen atoms in total. The van der Waals surface area contributed by atoms with Gasteiger partial charge >= 0.3 is 12.1 Å². The Morgan fingerprint density at radius 3 is 2.46 bits per heavy atom. The highest BCUT2D eigenvalue weighted by molar-refractivity contribution is 6.32. The normalized spacial score (nSPS) is 12.4. The molecule has 0 radical (unpaired) electrons. The molecule has 0 amide bonds. The van der Waals surface area contributed by atoms with Gasteiger partial charge in [-0.05, 0) is 44.2 Å². The van der Waals surface area contributed by atoms with Crippen molar-refractivity contribution >= 4 is 17.6 Å². The van der Waals surface area contributed by atoms with Gasteiger partial charge in [0, 0.05) is 6.07 Å². The van der Waals surface area contributed by atoms with Crippen LogP contribution in [-0.4, -0.2) is 18.7 Å². The fourth-order valence-corrected chi connectivity index (χ4v) is 2.23. The maximum atomic E-state index is 12.7. The van der Waals surface area contributed by atoms with Crippen molar-refractivity contribution in [2.45, 2.75) is 26.1 Å². The van der Waals surface area contributed by atoms with E-state index in [2.05, 4.69) is 0 Å². The minimum Gasteiger partial charge on any atom is -0.479 e. The van der Waals surface area contributed by atoms with Crippen molar-refractivity contribution in [2.24, 2.45) is 0 Å². The first kappa shape index (κ1) is 19.9. The van der Waals surface area contributed by atoms with Gasteiger partial charge in [-0.3, -0.25) is 0 Å². The van der Waals surface area contributed by atoms with E-state index in [1.165, 1.54) is 13.0 Å². The molecule has 0 aliphatic heterocycles. The van der Waals surface area contributed by atoms with Crippen molar-refractivity contribution in [1.29, 1.82) is 0 Å². The number of carbonyl (C=O) groups is 1. The second-order valence-electron chi connectivity index (χ2n) is 5.23. The Labute approximate surface area is 153 Å². The lowest BCUT2D eigenvalue weighted by Gasteiger charge is -2.15. The highest BCUT2D eigenvalue weighted by Gasteiger charge is 2.31. The van der Waals surface area contributed by atoms with Crippen LogP contribution >= 0.6 is 11.6 Å². The first-order valence-electron chi connectivity index (χ1n) is 7.68. The van der Waals surface area contributed by atoms with Gasteiger partial charge in [0.15, 0.2) is 6.10 Å². The number of rotatable bonds is 6. The fourth-order valence-electron chi connectivity index (χ4n) is 2.01. The van der Waals surface area contributed by atoms with Crippen molar-refractivity contribution in [2.75, 3.05) is 6.61 Å². The van der Waals surface area contributed by atoms with Gasteiger partial charge in [0.05, 0.1) is 17.2 Å². The molecule has 0 heterocycles. The Morgan fingerprint density at radius 2 is 1.85 bits per heavy atom. The highest BCUT2D eigenvalue weighted by Crippen LogP contribution is 2.36. The van der Waals surface area contributed by atoms with Crippen molar-refractivity contribution in [1.82, 2.24) is 0 Å². The summed E-state index contributed by atoms with van der Waals surface area (Å²) in [6.07, 6.45) is -5.31. The lowest BCUT2D eigenvalue weighted by molar-refractivity contribution is -0.150. The summed E-state index contributed by atoms with van der Waals surface area (Å²) in [6, 6.07) is 9.10. The summed E-state index contributed by atoms with van der Waals surface area (Å²) in [5.74, 6) is 0.186. The second kappa shape index (κ2) is 8.31. The molecular weight excluding hydrogens is 373 g/mol. The summed E-state index contributed by atoms with van der Waals surface area (Å²) in [5.41, 5.74) is -0.866. The van der Waals surface area contributed by atoms with Crippen LogP contribution in [0.4, 0.5) is 13.2 Å². The van der Waals surface area contributed by atoms with Crippen molar-refractivity contribution in [3.8, 4) is 17.2 Å². The molecule has 0 aliphatic rings. The molecule has 0 spiro atoms. The third-order valence-electron chi connectivity index (χ3n) is 3.22. The third kappa shape index (κ3) is 5.29. The molecule has 1 atom stereocenters. The van der Waals surface area contributed by atoms with Crippen LogP contribution < -0.4 is 9.47 Å². The molecule has 0 bridgehead atoms. The van der Waals surface area contributed by atoms with Gasteiger partial charge in [0.2, 0.25) is 0 Å². The molecule has 8 heteroatoms. The fraction of sp³-hybridized carbons (Fsp3) is 0.278. The van der Waals surface area contributed by atoms with Gasteiger partial charge in [-0.15, -0.1) is 0 Å². The minimum absolute atomic E-state index is 0.0651. The average molecular weight is 389 g/mol. The smallest absolute Gasteiger partial charge is 0.416 e. The molecule has 0 fully saturated rings. The maximum absolute atomic E-state index is 12.7. The molecule has 0 aromatic heterocycles. The molecule has 2 aromatic rings. The van der Waals surface area contributed by atoms with E-state index in [4.69, 9.17) is 25.8 Å². The summed E-state index contributed by atoms with van der Waals surface area (Å²) in [5, 5.41) is -0.175. The van der Waals surface area contributed by atoms with Crippen molar-refractivity contribution < 1.29 is 32.2 Å². The molecule has 0 N–H and O–H groups in total. The molecular formula is C18H16ClF3O4. The van der Waals surface area contributed by atoms with E-state index in [0.717, 1.165) is 18.2 Å². The van der Waals surface area contributed by atoms with Crippen LogP contribution in [0, 0.1) is 0 Å². The number of esters is 1. The first-order chi connectivity index (χ1) is 12.2. The van der Waals surface area contributed by atoms with Gasteiger partial charge < -0.3 is 14.2 Å². The molecule has 1 unspecified atom stereocenters. The number of alkyl halides is 3. The van der Waals surface area contributed by atoms with Crippen LogP contribution in [-0.2, 0) is 15.7 Å². The second-order valence-corrected chi connectivity index (χ2v) is 5.64. The van der Waals surface area contributed by atoms with Crippen molar-refractivity contribution in [3.05, 3.63) is 53.1 Å². The van der Waals surface area contributed by atoms with Gasteiger partial charge in [0.1, 0.15) is 17.2 Å². The molecule has 2 aromatic carbocycles. The van der Waals surface area contributed by atoms with Gasteiger partial charge in [-0.2, -0.15) is 13.2 Å². The zero-order valence-corrected chi connectivity index (χ0v) is 14.7. The van der Waals surface area contributed by atoms with Crippen molar-refractivity contribution in [3.63, 3.8) is 0 Å². The van der Waals surface area contributed by atoms with E-state index in [1.807, 2.05) is 0 Å². The van der Waals surface area contributed by atoms with Crippen LogP contribution in [0.25, 0.3) is 0 Å². The number of benzene rings is 2. The van der Waals surface area contributed by atoms with Crippen LogP contribution in [0.3, 0.4) is 0 Å². The summed E-state index contributed by atoms with van der Waals surface area (Å²) in [7, 11) is 0. The largest absolute Gasteiger partial charge is 0.479 e. The molecule has 2 rings (SSSR count). The predicted octanol–water partition coefficient (Wildman–Crippen LogP) is 5.48. The standard InChI is InChI=1S/C18H16ClF3O4/c1-3-24-17(23)11(2)25-13-5-4-6-14(10-13)26-16-8-7-12(9-15(16)19)18(20,21)22/h4-11H,3H2,1-2H3. The average Bonchev–Trinajstić information content (AvgIpc) is 2.56. The van der Waals surface area contributed by atoms with Gasteiger partial charge in [0.25, 0.3) is 0 Å². The van der Waals surface area contributed by atoms with Gasteiger partial charge in [-0.1, -0.05) is 17.7 Å². The Bertz CT molecular complexity index is 777. The monoisotopic (exact) mass is 388 g/mol.